The third-order valence-electron chi connectivity index (χ3n) is 3.93. The van der Waals surface area contributed by atoms with E-state index in [4.69, 9.17) is 0 Å². The molecule has 1 aliphatic carbocycles. The largest absolute Gasteiger partial charge is 0.316 e. The summed E-state index contributed by atoms with van der Waals surface area (Å²) >= 11 is 2.37. The molecule has 1 aromatic carbocycles. The van der Waals surface area contributed by atoms with Crippen LogP contribution in [-0.4, -0.2) is 13.1 Å². The maximum absolute atomic E-state index is 3.42. The van der Waals surface area contributed by atoms with Crippen molar-refractivity contribution >= 4 is 22.6 Å². The Kier molecular flexibility index (Phi) is 3.36. The number of likely N-dealkylation sites (N-methyl/N-ethyl adjacent to an activating group) is 1. The minimum Gasteiger partial charge on any atom is -0.316 e. The molecule has 2 rings (SSSR count). The van der Waals surface area contributed by atoms with Gasteiger partial charge in [0.15, 0.2) is 0 Å². The molecule has 1 aromatic rings. The van der Waals surface area contributed by atoms with Gasteiger partial charge in [-0.05, 0) is 67.1 Å². The van der Waals surface area contributed by atoms with Gasteiger partial charge in [0.2, 0.25) is 0 Å². The molecule has 1 fully saturated rings. The number of rotatable bonds is 3. The van der Waals surface area contributed by atoms with Gasteiger partial charge in [-0.15, -0.1) is 0 Å². The second-order valence-corrected chi connectivity index (χ2v) is 5.77. The van der Waals surface area contributed by atoms with Crippen molar-refractivity contribution in [3.05, 3.63) is 33.4 Å². The zero-order valence-electron chi connectivity index (χ0n) is 9.39. The Labute approximate surface area is 106 Å². The van der Waals surface area contributed by atoms with Crippen molar-refractivity contribution in [1.82, 2.24) is 5.32 Å². The van der Waals surface area contributed by atoms with E-state index >= 15 is 0 Å². The predicted octanol–water partition coefficient (Wildman–Crippen LogP) is 3.32. The summed E-state index contributed by atoms with van der Waals surface area (Å²) in [7, 11) is 2.07. The molecule has 0 heterocycles. The highest BCUT2D eigenvalue weighted by Gasteiger charge is 2.42. The summed E-state index contributed by atoms with van der Waals surface area (Å²) in [4.78, 5) is 0. The van der Waals surface area contributed by atoms with Crippen LogP contribution < -0.4 is 5.32 Å². The molecule has 1 saturated carbocycles. The fraction of sp³-hybridized carbons (Fsp3) is 0.538. The molecule has 1 N–H and O–H groups in total. The third kappa shape index (κ3) is 1.94. The summed E-state index contributed by atoms with van der Waals surface area (Å²) < 4.78 is 1.32. The number of benzene rings is 1. The summed E-state index contributed by atoms with van der Waals surface area (Å²) in [5.74, 6) is 0. The average molecular weight is 315 g/mol. The highest BCUT2D eigenvalue weighted by Crippen LogP contribution is 2.46. The van der Waals surface area contributed by atoms with E-state index in [1.54, 1.807) is 0 Å². The Hall–Kier alpha value is -0.0900. The lowest BCUT2D eigenvalue weighted by Crippen LogP contribution is -2.50. The lowest BCUT2D eigenvalue weighted by molar-refractivity contribution is 0.185. The molecule has 0 spiro atoms. The van der Waals surface area contributed by atoms with Crippen molar-refractivity contribution in [1.29, 1.82) is 0 Å². The minimum absolute atomic E-state index is 0.402. The summed E-state index contributed by atoms with van der Waals surface area (Å²) in [5, 5.41) is 3.42. The van der Waals surface area contributed by atoms with Gasteiger partial charge in [0.05, 0.1) is 0 Å². The molecule has 0 aromatic heterocycles. The third-order valence-corrected chi connectivity index (χ3v) is 4.65. The molecule has 82 valence electrons. The van der Waals surface area contributed by atoms with Crippen LogP contribution in [0.2, 0.25) is 0 Å². The van der Waals surface area contributed by atoms with Crippen molar-refractivity contribution < 1.29 is 0 Å². The zero-order chi connectivity index (χ0) is 10.9. The van der Waals surface area contributed by atoms with E-state index in [0.717, 1.165) is 0 Å². The lowest BCUT2D eigenvalue weighted by Gasteiger charge is -2.47. The Balaban J connectivity index is 2.30. The van der Waals surface area contributed by atoms with Gasteiger partial charge in [-0.2, -0.15) is 0 Å². The van der Waals surface area contributed by atoms with Crippen LogP contribution in [0.3, 0.4) is 0 Å². The van der Waals surface area contributed by atoms with Crippen LogP contribution >= 0.6 is 22.6 Å². The maximum Gasteiger partial charge on any atom is 0.0133 e. The minimum atomic E-state index is 0.402. The van der Waals surface area contributed by atoms with E-state index in [-0.39, 0.29) is 0 Å². The van der Waals surface area contributed by atoms with Gasteiger partial charge in [0.1, 0.15) is 0 Å². The highest BCUT2D eigenvalue weighted by atomic mass is 127. The molecule has 1 atom stereocenters. The first-order valence-corrected chi connectivity index (χ1v) is 6.70. The smallest absolute Gasteiger partial charge is 0.0133 e. The van der Waals surface area contributed by atoms with E-state index in [9.17, 15) is 0 Å². The van der Waals surface area contributed by atoms with Gasteiger partial charge in [-0.3, -0.25) is 0 Å². The number of halogens is 1. The van der Waals surface area contributed by atoms with Crippen LogP contribution in [0.4, 0.5) is 0 Å². The van der Waals surface area contributed by atoms with Gasteiger partial charge < -0.3 is 5.32 Å². The number of hydrogen-bond donors (Lipinski definition) is 1. The molecule has 0 saturated heterocycles. The molecule has 2 heteroatoms. The molecule has 1 unspecified atom stereocenters. The molecule has 1 aliphatic rings. The summed E-state index contributed by atoms with van der Waals surface area (Å²) in [5.41, 5.74) is 1.91. The Morgan fingerprint density at radius 2 is 1.87 bits per heavy atom. The van der Waals surface area contributed by atoms with Gasteiger partial charge in [0, 0.05) is 15.0 Å². The number of hydrogen-bond acceptors (Lipinski definition) is 1. The van der Waals surface area contributed by atoms with E-state index in [1.807, 2.05) is 0 Å². The van der Waals surface area contributed by atoms with E-state index < -0.39 is 0 Å². The average Bonchev–Trinajstić information content (AvgIpc) is 2.19. The summed E-state index contributed by atoms with van der Waals surface area (Å²) in [6, 6.07) is 9.62. The first-order valence-electron chi connectivity index (χ1n) is 5.62. The summed E-state index contributed by atoms with van der Waals surface area (Å²) in [6.45, 7) is 2.30. The Morgan fingerprint density at radius 3 is 2.27 bits per heavy atom. The molecule has 0 amide bonds. The van der Waals surface area contributed by atoms with E-state index in [1.165, 1.54) is 28.4 Å². The molecular formula is C13H18IN. The van der Waals surface area contributed by atoms with Crippen molar-refractivity contribution in [2.75, 3.05) is 7.05 Å². The van der Waals surface area contributed by atoms with Crippen molar-refractivity contribution in [2.24, 2.45) is 0 Å². The van der Waals surface area contributed by atoms with Crippen molar-refractivity contribution in [2.45, 2.75) is 37.6 Å². The van der Waals surface area contributed by atoms with Crippen LogP contribution in [0.15, 0.2) is 24.3 Å². The topological polar surface area (TPSA) is 12.0 Å². The molecule has 0 bridgehead atoms. The number of nitrogens with one attached hydrogen (secondary N) is 1. The molecular weight excluding hydrogens is 297 g/mol. The van der Waals surface area contributed by atoms with Gasteiger partial charge in [-0.25, -0.2) is 0 Å². The van der Waals surface area contributed by atoms with Crippen LogP contribution in [0, 0.1) is 3.57 Å². The Bertz CT molecular complexity index is 327. The highest BCUT2D eigenvalue weighted by molar-refractivity contribution is 14.1. The quantitative estimate of drug-likeness (QED) is 0.844. The monoisotopic (exact) mass is 315 g/mol. The molecule has 1 nitrogen and oxygen atoms in total. The molecule has 0 radical (unpaired) electrons. The van der Waals surface area contributed by atoms with Crippen LogP contribution in [0.25, 0.3) is 0 Å². The van der Waals surface area contributed by atoms with E-state index in [0.29, 0.717) is 11.5 Å². The van der Waals surface area contributed by atoms with Crippen LogP contribution in [0.1, 0.15) is 31.7 Å². The van der Waals surface area contributed by atoms with Crippen LogP contribution in [-0.2, 0) is 5.41 Å². The Morgan fingerprint density at radius 1 is 1.27 bits per heavy atom. The lowest BCUT2D eigenvalue weighted by atomic mass is 9.60. The van der Waals surface area contributed by atoms with Gasteiger partial charge in [-0.1, -0.05) is 18.6 Å². The first kappa shape index (κ1) is 11.4. The van der Waals surface area contributed by atoms with E-state index in [2.05, 4.69) is 66.1 Å². The van der Waals surface area contributed by atoms with Crippen LogP contribution in [0.5, 0.6) is 0 Å². The predicted molar refractivity (Wildman–Crippen MR) is 73.2 cm³/mol. The fourth-order valence-corrected chi connectivity index (χ4v) is 2.95. The van der Waals surface area contributed by atoms with Gasteiger partial charge in [0.25, 0.3) is 0 Å². The fourth-order valence-electron chi connectivity index (χ4n) is 2.59. The second-order valence-electron chi connectivity index (χ2n) is 4.53. The SMILES string of the molecule is CNC(C)C1(c2ccc(I)cc2)CCC1. The van der Waals surface area contributed by atoms with Crippen molar-refractivity contribution in [3.8, 4) is 0 Å². The normalized spacial score (nSPS) is 20.7. The standard InChI is InChI=1S/C13H18IN/c1-10(15-2)13(8-3-9-13)11-4-6-12(14)7-5-11/h4-7,10,15H,3,8-9H2,1-2H3. The molecule has 15 heavy (non-hydrogen) atoms. The second kappa shape index (κ2) is 4.42. The maximum atomic E-state index is 3.42. The summed E-state index contributed by atoms with van der Waals surface area (Å²) in [6.07, 6.45) is 4.03. The molecule has 0 aliphatic heterocycles. The zero-order valence-corrected chi connectivity index (χ0v) is 11.5. The first-order chi connectivity index (χ1) is 7.19. The van der Waals surface area contributed by atoms with Crippen molar-refractivity contribution in [3.63, 3.8) is 0 Å². The van der Waals surface area contributed by atoms with Gasteiger partial charge >= 0.3 is 0 Å².